The molecule has 2 amide bonds. The number of hydrogen-bond donors (Lipinski definition) is 3. The zero-order valence-corrected chi connectivity index (χ0v) is 19.3. The number of hydrazone groups is 1. The number of benzene rings is 2. The van der Waals surface area contributed by atoms with E-state index in [2.05, 4.69) is 20.7 Å². The monoisotopic (exact) mass is 492 g/mol. The van der Waals surface area contributed by atoms with E-state index in [1.54, 1.807) is 23.5 Å². The number of thiophene rings is 1. The Bertz CT molecular complexity index is 1390. The number of morpholine rings is 1. The Morgan fingerprint density at radius 3 is 2.71 bits per heavy atom. The third-order valence-electron chi connectivity index (χ3n) is 5.35. The number of carbonyl (C=O) groups excluding carboxylic acids is 1. The second kappa shape index (κ2) is 10.0. The molecule has 0 spiro atoms. The zero-order valence-electron chi connectivity index (χ0n) is 18.4. The molecule has 2 aromatic heterocycles. The number of urea groups is 1. The molecule has 35 heavy (non-hydrogen) atoms. The fourth-order valence-electron chi connectivity index (χ4n) is 3.60. The van der Waals surface area contributed by atoms with Gasteiger partial charge in [-0.25, -0.2) is 24.6 Å². The lowest BCUT2D eigenvalue weighted by atomic mass is 10.2. The van der Waals surface area contributed by atoms with Crippen molar-refractivity contribution in [2.75, 3.05) is 36.5 Å². The van der Waals surface area contributed by atoms with Gasteiger partial charge < -0.3 is 20.1 Å². The summed E-state index contributed by atoms with van der Waals surface area (Å²) in [6.45, 7) is 2.91. The number of aromatic nitrogens is 2. The molecular formula is C24H21FN6O3S. The smallest absolute Gasteiger partial charge is 0.339 e. The van der Waals surface area contributed by atoms with Gasteiger partial charge in [-0.3, -0.25) is 0 Å². The average Bonchev–Trinajstić information content (AvgIpc) is 3.35. The molecule has 1 fully saturated rings. The highest BCUT2D eigenvalue weighted by molar-refractivity contribution is 7.17. The van der Waals surface area contributed by atoms with Crippen LogP contribution < -0.4 is 15.6 Å². The number of nitrogens with one attached hydrogen (secondary N) is 2. The average molecular weight is 493 g/mol. The van der Waals surface area contributed by atoms with Gasteiger partial charge in [0, 0.05) is 24.3 Å². The van der Waals surface area contributed by atoms with E-state index in [0.29, 0.717) is 30.3 Å². The summed E-state index contributed by atoms with van der Waals surface area (Å²) in [7, 11) is 0. The van der Waals surface area contributed by atoms with Crippen molar-refractivity contribution in [2.24, 2.45) is 5.10 Å². The van der Waals surface area contributed by atoms with Crippen molar-refractivity contribution in [3.8, 4) is 17.1 Å². The Balaban J connectivity index is 1.27. The van der Waals surface area contributed by atoms with Crippen LogP contribution in [0.1, 0.15) is 5.56 Å². The third kappa shape index (κ3) is 5.20. The van der Waals surface area contributed by atoms with E-state index in [1.807, 2.05) is 23.6 Å². The number of phenolic OH excluding ortho intramolecular Hbond substituents is 1. The number of aromatic hydroxyl groups is 1. The van der Waals surface area contributed by atoms with Crippen LogP contribution in [0.2, 0.25) is 0 Å². The summed E-state index contributed by atoms with van der Waals surface area (Å²) in [5, 5.41) is 17.7. The minimum Gasteiger partial charge on any atom is -0.505 e. The van der Waals surface area contributed by atoms with Crippen LogP contribution in [0.4, 0.5) is 20.7 Å². The second-order valence-electron chi connectivity index (χ2n) is 7.72. The first-order valence-electron chi connectivity index (χ1n) is 10.8. The molecule has 4 aromatic rings. The van der Waals surface area contributed by atoms with Crippen molar-refractivity contribution in [3.05, 3.63) is 65.3 Å². The third-order valence-corrected chi connectivity index (χ3v) is 6.25. The first-order chi connectivity index (χ1) is 17.1. The zero-order chi connectivity index (χ0) is 24.2. The van der Waals surface area contributed by atoms with Gasteiger partial charge in [0.05, 0.1) is 29.6 Å². The number of amides is 2. The van der Waals surface area contributed by atoms with Crippen molar-refractivity contribution in [1.29, 1.82) is 0 Å². The van der Waals surface area contributed by atoms with E-state index in [4.69, 9.17) is 14.7 Å². The SMILES string of the molecule is O=C(N/N=C/c1ccc(O)c(F)c1)Nc1ccc(-c2nc(N3CCOCC3)c3sccc3n2)cc1. The highest BCUT2D eigenvalue weighted by atomic mass is 32.1. The molecule has 9 nitrogen and oxygen atoms in total. The van der Waals surface area contributed by atoms with Gasteiger partial charge in [-0.1, -0.05) is 0 Å². The molecule has 0 atom stereocenters. The normalized spacial score (nSPS) is 13.9. The van der Waals surface area contributed by atoms with Gasteiger partial charge in [-0.2, -0.15) is 5.10 Å². The van der Waals surface area contributed by atoms with E-state index < -0.39 is 17.6 Å². The summed E-state index contributed by atoms with van der Waals surface area (Å²) >= 11 is 1.62. The number of hydrogen-bond acceptors (Lipinski definition) is 8. The summed E-state index contributed by atoms with van der Waals surface area (Å²) in [5.74, 6) is 0.308. The fraction of sp³-hybridized carbons (Fsp3) is 0.167. The molecule has 0 saturated carbocycles. The molecule has 3 N–H and O–H groups in total. The van der Waals surface area contributed by atoms with Crippen molar-refractivity contribution in [1.82, 2.24) is 15.4 Å². The van der Waals surface area contributed by atoms with Crippen LogP contribution in [0.15, 0.2) is 59.0 Å². The van der Waals surface area contributed by atoms with E-state index in [9.17, 15) is 14.3 Å². The Labute approximate surface area is 203 Å². The molecule has 1 saturated heterocycles. The molecule has 178 valence electrons. The van der Waals surface area contributed by atoms with E-state index in [1.165, 1.54) is 18.3 Å². The summed E-state index contributed by atoms with van der Waals surface area (Å²) in [4.78, 5) is 23.9. The molecule has 0 aliphatic carbocycles. The molecule has 2 aromatic carbocycles. The van der Waals surface area contributed by atoms with Crippen molar-refractivity contribution in [2.45, 2.75) is 0 Å². The lowest BCUT2D eigenvalue weighted by Gasteiger charge is -2.28. The van der Waals surface area contributed by atoms with Crippen LogP contribution >= 0.6 is 11.3 Å². The molecular weight excluding hydrogens is 471 g/mol. The predicted molar refractivity (Wildman–Crippen MR) is 134 cm³/mol. The van der Waals surface area contributed by atoms with Crippen LogP contribution in [0.5, 0.6) is 5.75 Å². The van der Waals surface area contributed by atoms with Crippen molar-refractivity contribution in [3.63, 3.8) is 0 Å². The van der Waals surface area contributed by atoms with Gasteiger partial charge >= 0.3 is 6.03 Å². The molecule has 0 radical (unpaired) electrons. The maximum atomic E-state index is 13.4. The van der Waals surface area contributed by atoms with Crippen LogP contribution in [0.25, 0.3) is 21.6 Å². The molecule has 1 aliphatic rings. The van der Waals surface area contributed by atoms with Crippen LogP contribution in [-0.2, 0) is 4.74 Å². The maximum absolute atomic E-state index is 13.4. The number of carbonyl (C=O) groups is 1. The number of phenols is 1. The van der Waals surface area contributed by atoms with Crippen LogP contribution in [0.3, 0.4) is 0 Å². The molecule has 11 heteroatoms. The first-order valence-corrected chi connectivity index (χ1v) is 11.7. The van der Waals surface area contributed by atoms with Crippen molar-refractivity contribution < 1.29 is 19.0 Å². The lowest BCUT2D eigenvalue weighted by molar-refractivity contribution is 0.122. The van der Waals surface area contributed by atoms with Gasteiger partial charge in [0.15, 0.2) is 23.2 Å². The first kappa shape index (κ1) is 22.7. The quantitative estimate of drug-likeness (QED) is 0.284. The lowest BCUT2D eigenvalue weighted by Crippen LogP contribution is -2.36. The number of ether oxygens (including phenoxy) is 1. The van der Waals surface area contributed by atoms with E-state index in [-0.39, 0.29) is 0 Å². The van der Waals surface area contributed by atoms with Gasteiger partial charge in [0.1, 0.15) is 0 Å². The Hall–Kier alpha value is -4.09. The van der Waals surface area contributed by atoms with Gasteiger partial charge in [0.25, 0.3) is 0 Å². The Morgan fingerprint density at radius 1 is 1.14 bits per heavy atom. The van der Waals surface area contributed by atoms with Gasteiger partial charge in [0.2, 0.25) is 0 Å². The van der Waals surface area contributed by atoms with Crippen molar-refractivity contribution >= 4 is 45.3 Å². The largest absolute Gasteiger partial charge is 0.505 e. The molecule has 0 unspecified atom stereocenters. The molecule has 1 aliphatic heterocycles. The number of fused-ring (bicyclic) bond motifs is 1. The van der Waals surface area contributed by atoms with Gasteiger partial charge in [-0.15, -0.1) is 11.3 Å². The summed E-state index contributed by atoms with van der Waals surface area (Å²) in [6.07, 6.45) is 1.27. The second-order valence-corrected chi connectivity index (χ2v) is 8.63. The van der Waals surface area contributed by atoms with Crippen LogP contribution in [-0.4, -0.2) is 53.6 Å². The topological polar surface area (TPSA) is 112 Å². The minimum absolute atomic E-state index is 0.393. The Kier molecular flexibility index (Phi) is 6.51. The van der Waals surface area contributed by atoms with Crippen LogP contribution in [0, 0.1) is 5.82 Å². The maximum Gasteiger partial charge on any atom is 0.339 e. The van der Waals surface area contributed by atoms with E-state index in [0.717, 1.165) is 40.8 Å². The highest BCUT2D eigenvalue weighted by Crippen LogP contribution is 2.32. The summed E-state index contributed by atoms with van der Waals surface area (Å²) < 4.78 is 19.9. The minimum atomic E-state index is -0.766. The number of anilines is 2. The fourth-order valence-corrected chi connectivity index (χ4v) is 4.44. The highest BCUT2D eigenvalue weighted by Gasteiger charge is 2.19. The van der Waals surface area contributed by atoms with E-state index >= 15 is 0 Å². The summed E-state index contributed by atoms with van der Waals surface area (Å²) in [6, 6.07) is 12.4. The standard InChI is InChI=1S/C24H21FN6O3S/c25-18-13-15(1-6-20(18)32)14-26-30-24(33)27-17-4-2-16(3-5-17)22-28-19-7-12-35-21(19)23(29-22)31-8-10-34-11-9-31/h1-7,12-14,32H,8-11H2,(H2,27,30,33)/b26-14+. The summed E-state index contributed by atoms with van der Waals surface area (Å²) in [5.41, 5.74) is 4.99. The number of halogens is 1. The number of nitrogens with zero attached hydrogens (tertiary/aromatic N) is 4. The Morgan fingerprint density at radius 2 is 1.94 bits per heavy atom. The molecule has 3 heterocycles. The van der Waals surface area contributed by atoms with Gasteiger partial charge in [-0.05, 0) is 59.5 Å². The predicted octanol–water partition coefficient (Wildman–Crippen LogP) is 4.20. The molecule has 0 bridgehead atoms. The molecule has 5 rings (SSSR count). The number of rotatable bonds is 5.